The molecular weight excluding hydrogens is 232 g/mol. The van der Waals surface area contributed by atoms with Gasteiger partial charge in [-0.25, -0.2) is 0 Å². The quantitative estimate of drug-likeness (QED) is 0.755. The van der Waals surface area contributed by atoms with Crippen molar-refractivity contribution in [3.63, 3.8) is 0 Å². The first-order chi connectivity index (χ1) is 6.84. The van der Waals surface area contributed by atoms with E-state index in [1.165, 1.54) is 32.1 Å². The molecule has 1 aromatic heterocycles. The zero-order chi connectivity index (χ0) is 9.80. The average Bonchev–Trinajstić information content (AvgIpc) is 2.63. The van der Waals surface area contributed by atoms with Crippen LogP contribution in [0.4, 0.5) is 0 Å². The van der Waals surface area contributed by atoms with Gasteiger partial charge in [-0.05, 0) is 30.6 Å². The van der Waals surface area contributed by atoms with E-state index in [0.29, 0.717) is 0 Å². The Balaban J connectivity index is 1.76. The van der Waals surface area contributed by atoms with E-state index in [-0.39, 0.29) is 0 Å². The highest BCUT2D eigenvalue weighted by atomic mass is 33.1. The van der Waals surface area contributed by atoms with Gasteiger partial charge in [0.2, 0.25) is 0 Å². The van der Waals surface area contributed by atoms with Gasteiger partial charge in [0.15, 0.2) is 4.34 Å². The molecule has 1 heterocycles. The first-order valence-electron chi connectivity index (χ1n) is 4.98. The van der Waals surface area contributed by atoms with Gasteiger partial charge < -0.3 is 0 Å². The Labute approximate surface area is 96.7 Å². The fraction of sp³-hybridized carbons (Fsp3) is 0.778. The maximum atomic E-state index is 4.11. The zero-order valence-corrected chi connectivity index (χ0v) is 10.7. The van der Waals surface area contributed by atoms with Gasteiger partial charge in [0.05, 0.1) is 0 Å². The highest BCUT2D eigenvalue weighted by molar-refractivity contribution is 8.77. The summed E-state index contributed by atoms with van der Waals surface area (Å²) in [4.78, 5) is 0. The molecule has 1 fully saturated rings. The van der Waals surface area contributed by atoms with Crippen LogP contribution in [-0.4, -0.2) is 15.4 Å². The average molecular weight is 246 g/mol. The van der Waals surface area contributed by atoms with E-state index < -0.39 is 0 Å². The molecule has 1 aromatic rings. The van der Waals surface area contributed by atoms with Crippen molar-refractivity contribution < 1.29 is 0 Å². The molecule has 0 N–H and O–H groups in total. The maximum Gasteiger partial charge on any atom is 0.184 e. The van der Waals surface area contributed by atoms with Crippen molar-refractivity contribution in [3.05, 3.63) is 5.01 Å². The Morgan fingerprint density at radius 3 is 2.64 bits per heavy atom. The standard InChI is InChI=1S/C9H14N2S3/c1-7-10-11-9(12-7)14-13-8-5-3-2-4-6-8/h8H,2-6H2,1H3. The van der Waals surface area contributed by atoms with Gasteiger partial charge in [0.25, 0.3) is 0 Å². The molecule has 0 aliphatic heterocycles. The van der Waals surface area contributed by atoms with Crippen LogP contribution in [0.3, 0.4) is 0 Å². The molecule has 2 rings (SSSR count). The van der Waals surface area contributed by atoms with Crippen LogP contribution in [0.1, 0.15) is 37.1 Å². The molecule has 0 saturated heterocycles. The van der Waals surface area contributed by atoms with Gasteiger partial charge >= 0.3 is 0 Å². The summed E-state index contributed by atoms with van der Waals surface area (Å²) in [5.74, 6) is 0. The molecule has 0 atom stereocenters. The fourth-order valence-electron chi connectivity index (χ4n) is 1.58. The zero-order valence-electron chi connectivity index (χ0n) is 8.23. The lowest BCUT2D eigenvalue weighted by molar-refractivity contribution is 0.517. The second-order valence-corrected chi connectivity index (χ2v) is 7.46. The molecule has 0 aromatic carbocycles. The third-order valence-corrected chi connectivity index (χ3v) is 6.41. The van der Waals surface area contributed by atoms with E-state index >= 15 is 0 Å². The van der Waals surface area contributed by atoms with Gasteiger partial charge in [-0.3, -0.25) is 0 Å². The minimum atomic E-state index is 0.845. The molecule has 5 heteroatoms. The number of aryl methyl sites for hydroxylation is 1. The number of hydrogen-bond donors (Lipinski definition) is 0. The van der Waals surface area contributed by atoms with Crippen LogP contribution in [0.2, 0.25) is 0 Å². The largest absolute Gasteiger partial charge is 0.184 e. The Morgan fingerprint density at radius 1 is 1.21 bits per heavy atom. The summed E-state index contributed by atoms with van der Waals surface area (Å²) in [5, 5.41) is 10.0. The van der Waals surface area contributed by atoms with E-state index in [9.17, 15) is 0 Å². The molecule has 1 aliphatic rings. The van der Waals surface area contributed by atoms with Gasteiger partial charge in [-0.1, -0.05) is 41.4 Å². The Morgan fingerprint density at radius 2 is 2.00 bits per heavy atom. The molecule has 0 bridgehead atoms. The summed E-state index contributed by atoms with van der Waals surface area (Å²) >= 11 is 1.70. The van der Waals surface area contributed by atoms with Crippen molar-refractivity contribution in [3.8, 4) is 0 Å². The third-order valence-electron chi connectivity index (χ3n) is 2.32. The van der Waals surface area contributed by atoms with Crippen molar-refractivity contribution >= 4 is 32.9 Å². The second-order valence-electron chi connectivity index (χ2n) is 3.53. The summed E-state index contributed by atoms with van der Waals surface area (Å²) in [6.07, 6.45) is 7.02. The fourth-order valence-corrected chi connectivity index (χ4v) is 5.31. The maximum absolute atomic E-state index is 4.11. The van der Waals surface area contributed by atoms with Crippen LogP contribution >= 0.6 is 32.9 Å². The van der Waals surface area contributed by atoms with Gasteiger partial charge in [-0.15, -0.1) is 10.2 Å². The van der Waals surface area contributed by atoms with Crippen LogP contribution < -0.4 is 0 Å². The predicted octanol–water partition coefficient (Wildman–Crippen LogP) is 3.92. The molecular formula is C9H14N2S3. The highest BCUT2D eigenvalue weighted by Crippen LogP contribution is 2.41. The third kappa shape index (κ3) is 3.14. The van der Waals surface area contributed by atoms with Crippen molar-refractivity contribution in [2.75, 3.05) is 0 Å². The molecule has 14 heavy (non-hydrogen) atoms. The summed E-state index contributed by atoms with van der Waals surface area (Å²) in [7, 11) is 3.80. The van der Waals surface area contributed by atoms with E-state index in [1.54, 1.807) is 11.3 Å². The van der Waals surface area contributed by atoms with Crippen LogP contribution in [0.15, 0.2) is 4.34 Å². The lowest BCUT2D eigenvalue weighted by Crippen LogP contribution is -2.06. The monoisotopic (exact) mass is 246 g/mol. The van der Waals surface area contributed by atoms with Gasteiger partial charge in [0, 0.05) is 5.25 Å². The molecule has 0 spiro atoms. The van der Waals surface area contributed by atoms with Crippen molar-refractivity contribution in [1.82, 2.24) is 10.2 Å². The molecule has 78 valence electrons. The minimum absolute atomic E-state index is 0.845. The smallest absolute Gasteiger partial charge is 0.143 e. The van der Waals surface area contributed by atoms with E-state index in [4.69, 9.17) is 0 Å². The molecule has 0 amide bonds. The number of aromatic nitrogens is 2. The normalized spacial score (nSPS) is 18.6. The minimum Gasteiger partial charge on any atom is -0.143 e. The van der Waals surface area contributed by atoms with Crippen LogP contribution in [0, 0.1) is 6.92 Å². The van der Waals surface area contributed by atoms with Crippen molar-refractivity contribution in [1.29, 1.82) is 0 Å². The molecule has 2 nitrogen and oxygen atoms in total. The number of nitrogens with zero attached hydrogens (tertiary/aromatic N) is 2. The Bertz CT molecular complexity index is 281. The Hall–Kier alpha value is 0.260. The van der Waals surface area contributed by atoms with Gasteiger partial charge in [0.1, 0.15) is 5.01 Å². The Kier molecular flexibility index (Phi) is 4.13. The summed E-state index contributed by atoms with van der Waals surface area (Å²) < 4.78 is 1.11. The van der Waals surface area contributed by atoms with Gasteiger partial charge in [-0.2, -0.15) is 0 Å². The topological polar surface area (TPSA) is 25.8 Å². The summed E-state index contributed by atoms with van der Waals surface area (Å²) in [6, 6.07) is 0. The number of rotatable bonds is 3. The second kappa shape index (κ2) is 5.37. The van der Waals surface area contributed by atoms with Crippen LogP contribution in [0.5, 0.6) is 0 Å². The molecule has 1 aliphatic carbocycles. The molecule has 0 unspecified atom stereocenters. The van der Waals surface area contributed by atoms with E-state index in [2.05, 4.69) is 10.2 Å². The molecule has 1 saturated carbocycles. The first kappa shape index (κ1) is 10.8. The van der Waals surface area contributed by atoms with Crippen LogP contribution in [0.25, 0.3) is 0 Å². The lowest BCUT2D eigenvalue weighted by Gasteiger charge is -2.19. The van der Waals surface area contributed by atoms with Crippen LogP contribution in [-0.2, 0) is 0 Å². The molecule has 0 radical (unpaired) electrons. The first-order valence-corrected chi connectivity index (χ1v) is 8.01. The van der Waals surface area contributed by atoms with Crippen molar-refractivity contribution in [2.45, 2.75) is 48.6 Å². The SMILES string of the molecule is Cc1nnc(SSC2CCCCC2)s1. The van der Waals surface area contributed by atoms with Crippen molar-refractivity contribution in [2.24, 2.45) is 0 Å². The summed E-state index contributed by atoms with van der Waals surface area (Å²) in [5.41, 5.74) is 0. The summed E-state index contributed by atoms with van der Waals surface area (Å²) in [6.45, 7) is 2.01. The predicted molar refractivity (Wildman–Crippen MR) is 65.0 cm³/mol. The number of hydrogen-bond acceptors (Lipinski definition) is 5. The highest BCUT2D eigenvalue weighted by Gasteiger charge is 2.15. The van der Waals surface area contributed by atoms with E-state index in [0.717, 1.165) is 14.6 Å². The van der Waals surface area contributed by atoms with E-state index in [1.807, 2.05) is 28.5 Å². The lowest BCUT2D eigenvalue weighted by atomic mass is 10.0.